The molecule has 0 saturated carbocycles. The lowest BCUT2D eigenvalue weighted by atomic mass is 9.95. The molecule has 0 radical (unpaired) electrons. The number of esters is 1. The van der Waals surface area contributed by atoms with Crippen molar-refractivity contribution in [3.05, 3.63) is 46.7 Å². The van der Waals surface area contributed by atoms with Crippen molar-refractivity contribution in [1.82, 2.24) is 5.48 Å². The first kappa shape index (κ1) is 16.0. The predicted octanol–water partition coefficient (Wildman–Crippen LogP) is 2.41. The molecule has 1 aromatic rings. The van der Waals surface area contributed by atoms with Gasteiger partial charge in [0.05, 0.1) is 5.56 Å². The zero-order chi connectivity index (χ0) is 16.5. The maximum Gasteiger partial charge on any atom is 0.338 e. The van der Waals surface area contributed by atoms with E-state index >= 15 is 0 Å². The molecular weight excluding hydrogens is 282 g/mol. The molecule has 22 heavy (non-hydrogen) atoms. The summed E-state index contributed by atoms with van der Waals surface area (Å²) in [6.07, 6.45) is 1.42. The molecule has 0 bridgehead atoms. The SMILES string of the molecule is CC1=CNOC1c1ccc(C(=O)OC(C)(C)C)cc1C(=N)N. The number of nitrogens with two attached hydrogens (primary N) is 1. The Balaban J connectivity index is 2.38. The van der Waals surface area contributed by atoms with Crippen LogP contribution < -0.4 is 11.2 Å². The van der Waals surface area contributed by atoms with E-state index in [9.17, 15) is 4.79 Å². The second kappa shape index (κ2) is 5.81. The van der Waals surface area contributed by atoms with E-state index in [4.69, 9.17) is 20.7 Å². The Kier molecular flexibility index (Phi) is 4.23. The summed E-state index contributed by atoms with van der Waals surface area (Å²) in [5.74, 6) is -0.567. The average Bonchev–Trinajstić information content (AvgIpc) is 2.82. The smallest absolute Gasteiger partial charge is 0.338 e. The van der Waals surface area contributed by atoms with Gasteiger partial charge in [-0.3, -0.25) is 15.7 Å². The second-order valence-electron chi connectivity index (χ2n) is 6.22. The summed E-state index contributed by atoms with van der Waals surface area (Å²) in [7, 11) is 0. The van der Waals surface area contributed by atoms with Gasteiger partial charge in [-0.1, -0.05) is 6.07 Å². The number of ether oxygens (including phenoxy) is 1. The molecule has 1 heterocycles. The van der Waals surface area contributed by atoms with Gasteiger partial charge in [-0.05, 0) is 51.0 Å². The van der Waals surface area contributed by atoms with Crippen LogP contribution in [0.3, 0.4) is 0 Å². The molecule has 1 atom stereocenters. The Hall–Kier alpha value is -2.34. The summed E-state index contributed by atoms with van der Waals surface area (Å²) < 4.78 is 5.34. The minimum absolute atomic E-state index is 0.122. The van der Waals surface area contributed by atoms with Crippen LogP contribution in [0.1, 0.15) is 55.3 Å². The van der Waals surface area contributed by atoms with Crippen LogP contribution >= 0.6 is 0 Å². The number of carbonyl (C=O) groups is 1. The fraction of sp³-hybridized carbons (Fsp3) is 0.375. The number of rotatable bonds is 3. The lowest BCUT2D eigenvalue weighted by Crippen LogP contribution is -2.24. The first-order chi connectivity index (χ1) is 10.2. The molecule has 0 saturated heterocycles. The fourth-order valence-corrected chi connectivity index (χ4v) is 2.15. The molecule has 1 aliphatic rings. The molecule has 0 aromatic heterocycles. The Labute approximate surface area is 129 Å². The van der Waals surface area contributed by atoms with E-state index in [1.807, 2.05) is 6.92 Å². The minimum atomic E-state index is -0.579. The third-order valence-electron chi connectivity index (χ3n) is 3.15. The highest BCUT2D eigenvalue weighted by molar-refractivity contribution is 6.00. The first-order valence-electron chi connectivity index (χ1n) is 6.98. The largest absolute Gasteiger partial charge is 0.456 e. The molecule has 0 amide bonds. The highest BCUT2D eigenvalue weighted by Gasteiger charge is 2.25. The number of nitrogens with one attached hydrogen (secondary N) is 2. The molecule has 1 aliphatic heterocycles. The first-order valence-corrected chi connectivity index (χ1v) is 6.98. The quantitative estimate of drug-likeness (QED) is 0.452. The van der Waals surface area contributed by atoms with E-state index in [1.54, 1.807) is 45.2 Å². The van der Waals surface area contributed by atoms with Crippen molar-refractivity contribution in [1.29, 1.82) is 5.41 Å². The van der Waals surface area contributed by atoms with Crippen molar-refractivity contribution in [2.75, 3.05) is 0 Å². The van der Waals surface area contributed by atoms with Crippen molar-refractivity contribution in [3.63, 3.8) is 0 Å². The van der Waals surface area contributed by atoms with E-state index in [2.05, 4.69) is 5.48 Å². The van der Waals surface area contributed by atoms with Gasteiger partial charge in [0.1, 0.15) is 17.5 Å². The lowest BCUT2D eigenvalue weighted by Gasteiger charge is -2.20. The highest BCUT2D eigenvalue weighted by Crippen LogP contribution is 2.31. The molecule has 6 heteroatoms. The molecule has 0 aliphatic carbocycles. The number of hydrogen-bond acceptors (Lipinski definition) is 5. The van der Waals surface area contributed by atoms with Gasteiger partial charge in [0.25, 0.3) is 0 Å². The third-order valence-corrected chi connectivity index (χ3v) is 3.15. The topological polar surface area (TPSA) is 97.4 Å². The molecule has 118 valence electrons. The Morgan fingerprint density at radius 3 is 2.59 bits per heavy atom. The zero-order valence-electron chi connectivity index (χ0n) is 13.2. The number of amidine groups is 1. The van der Waals surface area contributed by atoms with Gasteiger partial charge in [-0.2, -0.15) is 0 Å². The van der Waals surface area contributed by atoms with Gasteiger partial charge >= 0.3 is 5.97 Å². The number of hydrogen-bond donors (Lipinski definition) is 3. The van der Waals surface area contributed by atoms with Crippen LogP contribution in [0.5, 0.6) is 0 Å². The van der Waals surface area contributed by atoms with Gasteiger partial charge < -0.3 is 10.5 Å². The number of nitrogen functional groups attached to an aromatic ring is 1. The number of hydroxylamine groups is 1. The van der Waals surface area contributed by atoms with Crippen molar-refractivity contribution >= 4 is 11.8 Å². The number of carbonyl (C=O) groups excluding carboxylic acids is 1. The predicted molar refractivity (Wildman–Crippen MR) is 83.3 cm³/mol. The van der Waals surface area contributed by atoms with Crippen molar-refractivity contribution in [3.8, 4) is 0 Å². The average molecular weight is 303 g/mol. The van der Waals surface area contributed by atoms with Crippen LogP contribution in [0.15, 0.2) is 30.0 Å². The maximum atomic E-state index is 12.1. The van der Waals surface area contributed by atoms with Gasteiger partial charge in [0.2, 0.25) is 0 Å². The molecule has 1 unspecified atom stereocenters. The van der Waals surface area contributed by atoms with E-state index < -0.39 is 11.6 Å². The molecule has 1 aromatic carbocycles. The van der Waals surface area contributed by atoms with Gasteiger partial charge in [0.15, 0.2) is 0 Å². The van der Waals surface area contributed by atoms with Crippen LogP contribution in [0, 0.1) is 5.41 Å². The van der Waals surface area contributed by atoms with Crippen LogP contribution in [0.2, 0.25) is 0 Å². The van der Waals surface area contributed by atoms with E-state index in [1.165, 1.54) is 0 Å². The molecule has 0 fully saturated rings. The Morgan fingerprint density at radius 1 is 1.41 bits per heavy atom. The molecular formula is C16H21N3O3. The lowest BCUT2D eigenvalue weighted by molar-refractivity contribution is 0.00691. The Morgan fingerprint density at radius 2 is 2.09 bits per heavy atom. The molecule has 6 nitrogen and oxygen atoms in total. The van der Waals surface area contributed by atoms with E-state index in [0.717, 1.165) is 11.1 Å². The van der Waals surface area contributed by atoms with Crippen LogP contribution in [-0.2, 0) is 9.57 Å². The zero-order valence-corrected chi connectivity index (χ0v) is 13.2. The molecule has 0 spiro atoms. The standard InChI is InChI=1S/C16H21N3O3/c1-9-8-19-22-13(9)11-6-5-10(7-12(11)14(17)18)15(20)21-16(2,3)4/h5-8,13,19H,1-4H3,(H3,17,18). The van der Waals surface area contributed by atoms with Crippen LogP contribution in [-0.4, -0.2) is 17.4 Å². The summed E-state index contributed by atoms with van der Waals surface area (Å²) in [4.78, 5) is 17.6. The second-order valence-corrected chi connectivity index (χ2v) is 6.22. The fourth-order valence-electron chi connectivity index (χ4n) is 2.15. The summed E-state index contributed by atoms with van der Waals surface area (Å²) in [6, 6.07) is 4.97. The van der Waals surface area contributed by atoms with Crippen molar-refractivity contribution < 1.29 is 14.4 Å². The normalized spacial score (nSPS) is 17.6. The minimum Gasteiger partial charge on any atom is -0.456 e. The summed E-state index contributed by atoms with van der Waals surface area (Å²) in [5.41, 5.74) is 10.3. The third kappa shape index (κ3) is 3.46. The van der Waals surface area contributed by atoms with Crippen LogP contribution in [0.25, 0.3) is 0 Å². The van der Waals surface area contributed by atoms with Gasteiger partial charge in [-0.25, -0.2) is 4.79 Å². The highest BCUT2D eigenvalue weighted by atomic mass is 16.7. The Bertz CT molecular complexity index is 645. The van der Waals surface area contributed by atoms with Crippen molar-refractivity contribution in [2.24, 2.45) is 5.73 Å². The summed E-state index contributed by atoms with van der Waals surface area (Å²) >= 11 is 0. The number of benzene rings is 1. The van der Waals surface area contributed by atoms with E-state index in [-0.39, 0.29) is 11.9 Å². The summed E-state index contributed by atoms with van der Waals surface area (Å²) in [6.45, 7) is 7.32. The molecule has 2 rings (SSSR count). The van der Waals surface area contributed by atoms with Gasteiger partial charge in [-0.15, -0.1) is 0 Å². The van der Waals surface area contributed by atoms with Crippen molar-refractivity contribution in [2.45, 2.75) is 39.4 Å². The van der Waals surface area contributed by atoms with Crippen LogP contribution in [0.4, 0.5) is 0 Å². The summed E-state index contributed by atoms with van der Waals surface area (Å²) in [5, 5.41) is 7.75. The molecule has 4 N–H and O–H groups in total. The monoisotopic (exact) mass is 303 g/mol. The van der Waals surface area contributed by atoms with Gasteiger partial charge in [0, 0.05) is 11.8 Å². The van der Waals surface area contributed by atoms with E-state index in [0.29, 0.717) is 11.1 Å². The maximum absolute atomic E-state index is 12.1.